The number of aliphatic carboxylic acids is 5. The van der Waals surface area contributed by atoms with Crippen LogP contribution in [-0.2, 0) is 97.5 Å². The first-order chi connectivity index (χ1) is 49.5. The lowest BCUT2D eigenvalue weighted by atomic mass is 9.88. The smallest absolute Gasteiger partial charge is 0.303 e. The molecule has 2 aliphatic rings. The number of Topliss-reactive ketones (excluding diaryl/α,β-unsaturated/α-hetero) is 5. The molecule has 3 rings (SSSR count). The Hall–Kier alpha value is -10.7. The number of amides is 9. The maximum atomic E-state index is 14.5. The van der Waals surface area contributed by atoms with Crippen molar-refractivity contribution in [3.63, 3.8) is 0 Å². The van der Waals surface area contributed by atoms with Gasteiger partial charge in [0.25, 0.3) is 11.8 Å². The number of carbonyl (C=O) groups excluding carboxylic acids is 14. The van der Waals surface area contributed by atoms with Crippen LogP contribution >= 0.6 is 0 Å². The maximum absolute atomic E-state index is 14.5. The number of nitrogens with zero attached hydrogens (tertiary/aromatic N) is 3. The lowest BCUT2D eigenvalue weighted by molar-refractivity contribution is -0.142. The highest BCUT2D eigenvalue weighted by Crippen LogP contribution is 2.24. The zero-order valence-electron chi connectivity index (χ0n) is 59.2. The summed E-state index contributed by atoms with van der Waals surface area (Å²) in [5.41, 5.74) is 11.7. The molecule has 1 saturated heterocycles. The molecular weight excluding hydrogens is 1380 g/mol. The van der Waals surface area contributed by atoms with Crippen molar-refractivity contribution in [3.8, 4) is 0 Å². The van der Waals surface area contributed by atoms with E-state index in [9.17, 15) is 117 Å². The zero-order valence-corrected chi connectivity index (χ0v) is 59.2. The molecule has 2 aliphatic heterocycles. The molecule has 0 saturated carbocycles. The molecule has 0 spiro atoms. The Morgan fingerprint density at radius 3 is 1.51 bits per heavy atom. The summed E-state index contributed by atoms with van der Waals surface area (Å²) in [6, 6.07) is -2.25. The zero-order chi connectivity index (χ0) is 78.6. The predicted molar refractivity (Wildman–Crippen MR) is 367 cm³/mol. The summed E-state index contributed by atoms with van der Waals surface area (Å²) in [5.74, 6) is -23.3. The first-order valence-electron chi connectivity index (χ1n) is 34.5. The number of imide groups is 1. The standard InChI is InChI=1S/C69H97N11O25/c1-5-51(82)49(32-38(2)3)78-67(103)50-9-7-29-79(50)68(104)48(8-6-27-73-69(70)71)75-56(87)37-105-31-28-72-64(100)44(33-40-10-12-41(13-11-40)39(4)81)36-54(85)47(18-25-63(98)99)77-66(102)43(15-22-60(92)93)35-53(84)46(17-24-62(96)97)76-65(101)42(14-21-59(90)91)34-52(83)45(16-23-61(94)95)74-55(86)26-30-80-57(88)19-20-58(80)89/h10-13,19-20,38,42-50H,5-9,14-18,21-37H2,1-4H3,(H,72,100)(H,74,86)(H,75,87)(H,76,101)(H,77,102)(H,78,103)(H,90,91)(H,92,93)(H,94,95)(H,96,97)(H,98,99)(H4,70,71,73)/t42-,43-,44?,45+,46+,47+,48-,49?,50-/m0/s1. The van der Waals surface area contributed by atoms with Crippen molar-refractivity contribution in [2.45, 2.75) is 199 Å². The van der Waals surface area contributed by atoms with E-state index in [2.05, 4.69) is 36.9 Å². The van der Waals surface area contributed by atoms with Gasteiger partial charge in [-0.15, -0.1) is 0 Å². The van der Waals surface area contributed by atoms with Crippen molar-refractivity contribution >= 4 is 118 Å². The van der Waals surface area contributed by atoms with Gasteiger partial charge in [-0.1, -0.05) is 45.0 Å². The first kappa shape index (κ1) is 88.5. The number of aliphatic imine (C=N–C) groups is 1. The molecule has 36 nitrogen and oxygen atoms in total. The Kier molecular flexibility index (Phi) is 38.3. The Morgan fingerprint density at radius 2 is 1.05 bits per heavy atom. The highest BCUT2D eigenvalue weighted by Gasteiger charge is 2.40. The number of likely N-dealkylation sites (tertiary alicyclic amines) is 1. The number of benzene rings is 1. The second-order valence-corrected chi connectivity index (χ2v) is 26.0. The summed E-state index contributed by atoms with van der Waals surface area (Å²) in [6.45, 7) is 5.31. The van der Waals surface area contributed by atoms with Crippen molar-refractivity contribution < 1.29 is 121 Å². The molecule has 0 aromatic heterocycles. The summed E-state index contributed by atoms with van der Waals surface area (Å²) in [6.07, 6.45) is -7.12. The quantitative estimate of drug-likeness (QED) is 0.0128. The molecule has 105 heavy (non-hydrogen) atoms. The van der Waals surface area contributed by atoms with E-state index in [0.29, 0.717) is 30.4 Å². The highest BCUT2D eigenvalue weighted by atomic mass is 16.5. The Bertz CT molecular complexity index is 3390. The molecule has 1 aromatic carbocycles. The van der Waals surface area contributed by atoms with Crippen molar-refractivity contribution in [2.24, 2.45) is 40.1 Å². The first-order valence-corrected chi connectivity index (χ1v) is 34.5. The van der Waals surface area contributed by atoms with Gasteiger partial charge in [-0.2, -0.15) is 0 Å². The second-order valence-electron chi connectivity index (χ2n) is 26.0. The van der Waals surface area contributed by atoms with Crippen LogP contribution in [0.1, 0.15) is 172 Å². The average Bonchev–Trinajstić information content (AvgIpc) is 1.72. The molecular formula is C69H97N11O25. The minimum absolute atomic E-state index is 0.0237. The van der Waals surface area contributed by atoms with Crippen LogP contribution < -0.4 is 43.4 Å². The third-order valence-corrected chi connectivity index (χ3v) is 17.2. The molecule has 578 valence electrons. The summed E-state index contributed by atoms with van der Waals surface area (Å²) < 4.78 is 5.58. The number of hydrogen-bond donors (Lipinski definition) is 13. The monoisotopic (exact) mass is 1480 g/mol. The van der Waals surface area contributed by atoms with Gasteiger partial charge in [0.05, 0.1) is 30.8 Å². The number of guanidine groups is 1. The van der Waals surface area contributed by atoms with Gasteiger partial charge in [-0.25, -0.2) is 0 Å². The molecule has 2 unspecified atom stereocenters. The number of carboxylic acid groups (broad SMARTS) is 5. The topological polar surface area (TPSA) is 578 Å². The SMILES string of the molecule is CCC(=O)C(CC(C)C)NC(=O)[C@@H]1CCCN1C(=O)[C@H](CCCN=C(N)N)NC(=O)COCCNC(=O)C(CC(=O)[C@@H](CCC(=O)O)NC(=O)[C@@H](CCC(=O)O)CC(=O)[C@@H](CCC(=O)O)NC(=O)[C@@H](CCC(=O)O)CC(=O)[C@@H](CCC(=O)O)NC(=O)CCN1C(=O)C=CC1=O)Cc1ccc(C(C)=O)cc1. The lowest BCUT2D eigenvalue weighted by Gasteiger charge is -2.30. The molecule has 0 aliphatic carbocycles. The van der Waals surface area contributed by atoms with Gasteiger partial charge < -0.3 is 78.5 Å². The summed E-state index contributed by atoms with van der Waals surface area (Å²) in [4.78, 5) is 254. The van der Waals surface area contributed by atoms with E-state index < -0.39 is 257 Å². The van der Waals surface area contributed by atoms with Gasteiger partial charge in [0.15, 0.2) is 34.9 Å². The lowest BCUT2D eigenvalue weighted by Crippen LogP contribution is -2.55. The number of carbonyl (C=O) groups is 19. The number of nitrogens with two attached hydrogens (primary N) is 2. The van der Waals surface area contributed by atoms with E-state index >= 15 is 0 Å². The molecule has 9 amide bonds. The minimum Gasteiger partial charge on any atom is -0.481 e. The van der Waals surface area contributed by atoms with E-state index in [1.807, 2.05) is 13.8 Å². The van der Waals surface area contributed by atoms with Crippen molar-refractivity contribution in [1.29, 1.82) is 0 Å². The number of ether oxygens (including phenoxy) is 1. The Labute approximate surface area is 604 Å². The van der Waals surface area contributed by atoms with Crippen molar-refractivity contribution in [2.75, 3.05) is 39.4 Å². The van der Waals surface area contributed by atoms with E-state index in [-0.39, 0.29) is 75.4 Å². The van der Waals surface area contributed by atoms with Crippen LogP contribution in [0.3, 0.4) is 0 Å². The van der Waals surface area contributed by atoms with Gasteiger partial charge in [0.1, 0.15) is 18.7 Å². The fraction of sp³-hybridized carbons (Fsp3) is 0.594. The van der Waals surface area contributed by atoms with Gasteiger partial charge in [0.2, 0.25) is 41.4 Å². The Balaban J connectivity index is 1.88. The van der Waals surface area contributed by atoms with E-state index in [4.69, 9.17) is 16.2 Å². The molecule has 2 heterocycles. The third kappa shape index (κ3) is 33.1. The van der Waals surface area contributed by atoms with Crippen LogP contribution in [0.5, 0.6) is 0 Å². The molecule has 0 radical (unpaired) electrons. The van der Waals surface area contributed by atoms with Gasteiger partial charge in [-0.3, -0.25) is 101 Å². The number of nitrogens with one attached hydrogen (secondary N) is 6. The van der Waals surface area contributed by atoms with Crippen LogP contribution in [0, 0.1) is 23.7 Å². The van der Waals surface area contributed by atoms with Crippen LogP contribution in [0.2, 0.25) is 0 Å². The van der Waals surface area contributed by atoms with Crippen LogP contribution in [0.25, 0.3) is 0 Å². The van der Waals surface area contributed by atoms with Crippen LogP contribution in [-0.4, -0.2) is 229 Å². The van der Waals surface area contributed by atoms with Crippen LogP contribution in [0.4, 0.5) is 0 Å². The Morgan fingerprint density at radius 1 is 0.571 bits per heavy atom. The normalized spacial score (nSPS) is 15.5. The summed E-state index contributed by atoms with van der Waals surface area (Å²) in [5, 5.41) is 63.2. The van der Waals surface area contributed by atoms with E-state index in [1.54, 1.807) is 6.92 Å². The van der Waals surface area contributed by atoms with Gasteiger partial charge in [0, 0.05) is 126 Å². The molecule has 36 heteroatoms. The fourth-order valence-electron chi connectivity index (χ4n) is 11.6. The summed E-state index contributed by atoms with van der Waals surface area (Å²) >= 11 is 0. The summed E-state index contributed by atoms with van der Waals surface area (Å²) in [7, 11) is 0. The number of rotatable bonds is 53. The average molecular weight is 1480 g/mol. The molecule has 9 atom stereocenters. The predicted octanol–water partition coefficient (Wildman–Crippen LogP) is -0.576. The highest BCUT2D eigenvalue weighted by molar-refractivity contribution is 6.13. The number of hydrogen-bond acceptors (Lipinski definition) is 21. The van der Waals surface area contributed by atoms with Crippen molar-refractivity contribution in [3.05, 3.63) is 47.5 Å². The van der Waals surface area contributed by atoms with Gasteiger partial charge >= 0.3 is 29.8 Å². The number of carboxylic acids is 5. The molecule has 0 bridgehead atoms. The molecule has 1 fully saturated rings. The largest absolute Gasteiger partial charge is 0.481 e. The molecule has 1 aromatic rings. The number of ketones is 5. The van der Waals surface area contributed by atoms with E-state index in [0.717, 1.165) is 17.1 Å². The minimum atomic E-state index is -1.87. The molecule has 15 N–H and O–H groups in total. The van der Waals surface area contributed by atoms with Crippen LogP contribution in [0.15, 0.2) is 41.4 Å². The fourth-order valence-corrected chi connectivity index (χ4v) is 11.6. The second kappa shape index (κ2) is 45.4. The van der Waals surface area contributed by atoms with Crippen molar-refractivity contribution in [1.82, 2.24) is 41.7 Å². The maximum Gasteiger partial charge on any atom is 0.303 e. The van der Waals surface area contributed by atoms with Gasteiger partial charge in [-0.05, 0) is 89.0 Å². The van der Waals surface area contributed by atoms with E-state index in [1.165, 1.54) is 36.1 Å². The third-order valence-electron chi connectivity index (χ3n) is 17.2.